The fourth-order valence-corrected chi connectivity index (χ4v) is 4.47. The highest BCUT2D eigenvalue weighted by Crippen LogP contribution is 2.36. The van der Waals surface area contributed by atoms with Gasteiger partial charge in [-0.15, -0.1) is 0 Å². The van der Waals surface area contributed by atoms with Crippen LogP contribution in [0.15, 0.2) is 127 Å². The van der Waals surface area contributed by atoms with E-state index in [4.69, 9.17) is 18.9 Å². The normalized spacial score (nSPS) is 11.4. The summed E-state index contributed by atoms with van der Waals surface area (Å²) in [6.07, 6.45) is 11.9. The number of carbonyl (C=O) groups excluding carboxylic acids is 4. The third-order valence-electron chi connectivity index (χ3n) is 7.62. The average molecular weight is 717 g/mol. The first-order chi connectivity index (χ1) is 25.5. The zero-order chi connectivity index (χ0) is 38.9. The molecule has 0 aliphatic heterocycles. The molecule has 0 unspecified atom stereocenters. The summed E-state index contributed by atoms with van der Waals surface area (Å²) in [6.45, 7) is 12.0. The molecular formula is C44H41FO8. The maximum Gasteiger partial charge on any atom is 0.338 e. The lowest BCUT2D eigenvalue weighted by Gasteiger charge is -2.14. The number of allylic oxidation sites excluding steroid dienone is 4. The molecule has 0 saturated heterocycles. The minimum Gasteiger partial charge on any atom is -0.496 e. The minimum atomic E-state index is -0.582. The zero-order valence-electron chi connectivity index (χ0n) is 30.5. The second-order valence-electron chi connectivity index (χ2n) is 11.3. The Hall–Kier alpha value is -6.61. The third kappa shape index (κ3) is 12.0. The van der Waals surface area contributed by atoms with E-state index in [-0.39, 0.29) is 11.5 Å². The molecule has 4 aromatic carbocycles. The van der Waals surface area contributed by atoms with E-state index in [2.05, 4.69) is 6.58 Å². The first kappa shape index (κ1) is 40.8. The van der Waals surface area contributed by atoms with Gasteiger partial charge in [0.25, 0.3) is 0 Å². The van der Waals surface area contributed by atoms with E-state index >= 15 is 4.39 Å². The third-order valence-corrected chi connectivity index (χ3v) is 7.62. The fraction of sp³-hybridized carbons (Fsp3) is 0.136. The van der Waals surface area contributed by atoms with Crippen molar-refractivity contribution in [2.24, 2.45) is 0 Å². The number of ether oxygens (including phenoxy) is 4. The molecule has 0 aromatic heterocycles. The lowest BCUT2D eigenvalue weighted by Crippen LogP contribution is -2.10. The number of hydrogen-bond donors (Lipinski definition) is 0. The molecule has 0 heterocycles. The minimum absolute atomic E-state index is 0.120. The highest BCUT2D eigenvalue weighted by atomic mass is 19.1. The van der Waals surface area contributed by atoms with Gasteiger partial charge in [-0.3, -0.25) is 4.79 Å². The standard InChI is InChI=1S/C39H33FO7.C5H8O/c1-6-9-38(42)46-31-19-21-33(36(24-31)47-39(43)25(4)7-2)29-17-20-32(34(40)22-29)27-13-10-26(11-14-27)12-15-28-16-18-30(23-35(28)44-5)45-37(41)8-3;1-3-5(2)4-6/h6-24H,3H2,1-2,4-5H3;3-4H,1-2H3/b9-6+,15-12+,25-7+;5-3+. The molecule has 0 bridgehead atoms. The van der Waals surface area contributed by atoms with Crippen LogP contribution in [0, 0.1) is 5.82 Å². The van der Waals surface area contributed by atoms with Crippen molar-refractivity contribution in [3.05, 3.63) is 144 Å². The van der Waals surface area contributed by atoms with Crippen molar-refractivity contribution in [1.29, 1.82) is 0 Å². The number of methoxy groups -OCH3 is 1. The van der Waals surface area contributed by atoms with E-state index in [1.807, 2.05) is 43.3 Å². The molecule has 0 saturated carbocycles. The van der Waals surface area contributed by atoms with Gasteiger partial charge in [0.2, 0.25) is 0 Å². The van der Waals surface area contributed by atoms with Crippen molar-refractivity contribution in [2.45, 2.75) is 34.6 Å². The Kier molecular flexibility index (Phi) is 15.6. The van der Waals surface area contributed by atoms with Gasteiger partial charge in [0, 0.05) is 46.5 Å². The van der Waals surface area contributed by atoms with Crippen LogP contribution in [0.3, 0.4) is 0 Å². The lowest BCUT2D eigenvalue weighted by molar-refractivity contribution is -0.130. The lowest BCUT2D eigenvalue weighted by atomic mass is 9.98. The van der Waals surface area contributed by atoms with Gasteiger partial charge in [-0.25, -0.2) is 18.8 Å². The van der Waals surface area contributed by atoms with Crippen molar-refractivity contribution in [3.8, 4) is 45.3 Å². The number of carbonyl (C=O) groups is 4. The van der Waals surface area contributed by atoms with Crippen molar-refractivity contribution >= 4 is 36.3 Å². The molecule has 53 heavy (non-hydrogen) atoms. The molecule has 272 valence electrons. The van der Waals surface area contributed by atoms with Crippen LogP contribution in [-0.2, 0) is 19.2 Å². The van der Waals surface area contributed by atoms with Gasteiger partial charge >= 0.3 is 17.9 Å². The molecule has 0 fully saturated rings. The van der Waals surface area contributed by atoms with Crippen LogP contribution in [0.2, 0.25) is 0 Å². The molecule has 8 nitrogen and oxygen atoms in total. The van der Waals surface area contributed by atoms with Gasteiger partial charge in [0.1, 0.15) is 35.1 Å². The molecule has 0 N–H and O–H groups in total. The van der Waals surface area contributed by atoms with Gasteiger partial charge in [0.05, 0.1) is 7.11 Å². The number of rotatable bonds is 12. The molecule has 4 rings (SSSR count). The van der Waals surface area contributed by atoms with E-state index in [9.17, 15) is 19.2 Å². The highest BCUT2D eigenvalue weighted by Gasteiger charge is 2.17. The number of benzene rings is 4. The summed E-state index contributed by atoms with van der Waals surface area (Å²) < 4.78 is 37.1. The Balaban J connectivity index is 0.00000116. The first-order valence-electron chi connectivity index (χ1n) is 16.5. The second-order valence-corrected chi connectivity index (χ2v) is 11.3. The van der Waals surface area contributed by atoms with Gasteiger partial charge in [-0.1, -0.05) is 73.4 Å². The Morgan fingerprint density at radius 3 is 1.89 bits per heavy atom. The van der Waals surface area contributed by atoms with Crippen LogP contribution < -0.4 is 18.9 Å². The van der Waals surface area contributed by atoms with Crippen LogP contribution in [0.5, 0.6) is 23.0 Å². The average Bonchev–Trinajstić information content (AvgIpc) is 3.17. The summed E-state index contributed by atoms with van der Waals surface area (Å²) in [5.74, 6) is -1.05. The molecule has 0 aliphatic rings. The first-order valence-corrected chi connectivity index (χ1v) is 16.5. The van der Waals surface area contributed by atoms with Crippen LogP contribution >= 0.6 is 0 Å². The maximum atomic E-state index is 15.6. The molecule has 0 radical (unpaired) electrons. The number of hydrogen-bond acceptors (Lipinski definition) is 8. The van der Waals surface area contributed by atoms with Crippen LogP contribution in [0.1, 0.15) is 45.7 Å². The fourth-order valence-electron chi connectivity index (χ4n) is 4.47. The zero-order valence-corrected chi connectivity index (χ0v) is 30.5. The molecular weight excluding hydrogens is 675 g/mol. The van der Waals surface area contributed by atoms with Gasteiger partial charge in [-0.2, -0.15) is 0 Å². The predicted octanol–water partition coefficient (Wildman–Crippen LogP) is 9.93. The number of aldehydes is 1. The number of esters is 3. The monoisotopic (exact) mass is 716 g/mol. The molecule has 0 atom stereocenters. The Bertz CT molecular complexity index is 2090. The highest BCUT2D eigenvalue weighted by molar-refractivity contribution is 5.91. The summed E-state index contributed by atoms with van der Waals surface area (Å²) in [5.41, 5.74) is 4.78. The summed E-state index contributed by atoms with van der Waals surface area (Å²) in [5, 5.41) is 0. The van der Waals surface area contributed by atoms with Crippen LogP contribution in [0.25, 0.3) is 34.4 Å². The van der Waals surface area contributed by atoms with Crippen molar-refractivity contribution in [1.82, 2.24) is 0 Å². The summed E-state index contributed by atoms with van der Waals surface area (Å²) in [4.78, 5) is 45.7. The molecule has 0 aliphatic carbocycles. The quantitative estimate of drug-likeness (QED) is 0.0469. The van der Waals surface area contributed by atoms with Crippen LogP contribution in [0.4, 0.5) is 4.39 Å². The predicted molar refractivity (Wildman–Crippen MR) is 206 cm³/mol. The van der Waals surface area contributed by atoms with Crippen LogP contribution in [-0.4, -0.2) is 31.3 Å². The van der Waals surface area contributed by atoms with E-state index in [0.29, 0.717) is 39.3 Å². The molecule has 4 aromatic rings. The Labute approximate surface area is 309 Å². The smallest absolute Gasteiger partial charge is 0.338 e. The number of halogens is 1. The molecule has 0 spiro atoms. The van der Waals surface area contributed by atoms with E-state index < -0.39 is 23.7 Å². The van der Waals surface area contributed by atoms with Crippen molar-refractivity contribution < 1.29 is 42.5 Å². The summed E-state index contributed by atoms with van der Waals surface area (Å²) >= 11 is 0. The van der Waals surface area contributed by atoms with E-state index in [1.165, 1.54) is 25.3 Å². The van der Waals surface area contributed by atoms with Crippen molar-refractivity contribution in [2.75, 3.05) is 7.11 Å². The van der Waals surface area contributed by atoms with Gasteiger partial charge in [0.15, 0.2) is 0 Å². The summed E-state index contributed by atoms with van der Waals surface area (Å²) in [6, 6.07) is 21.7. The summed E-state index contributed by atoms with van der Waals surface area (Å²) in [7, 11) is 1.52. The largest absolute Gasteiger partial charge is 0.496 e. The SMILES string of the molecule is C/C=C(\C)C=O.C=CC(=O)Oc1ccc(/C=C/c2ccc(-c3ccc(-c4ccc(OC(=O)/C=C/C)cc4OC(=O)/C(C)=C/C)cc3F)cc2)c(OC)c1. The van der Waals surface area contributed by atoms with Gasteiger partial charge < -0.3 is 18.9 Å². The Morgan fingerprint density at radius 1 is 0.698 bits per heavy atom. The van der Waals surface area contributed by atoms with Crippen molar-refractivity contribution in [3.63, 3.8) is 0 Å². The van der Waals surface area contributed by atoms with E-state index in [1.54, 1.807) is 88.4 Å². The topological polar surface area (TPSA) is 105 Å². The maximum absolute atomic E-state index is 15.6. The van der Waals surface area contributed by atoms with E-state index in [0.717, 1.165) is 29.1 Å². The van der Waals surface area contributed by atoms with Gasteiger partial charge in [-0.05, 0) is 87.2 Å². The Morgan fingerprint density at radius 2 is 1.32 bits per heavy atom. The molecule has 9 heteroatoms. The molecule has 0 amide bonds. The second kappa shape index (κ2) is 20.3.